The predicted octanol–water partition coefficient (Wildman–Crippen LogP) is 2.74. The summed E-state index contributed by atoms with van der Waals surface area (Å²) >= 11 is 2.31. The summed E-state index contributed by atoms with van der Waals surface area (Å²) in [6, 6.07) is 10.7. The van der Waals surface area contributed by atoms with E-state index >= 15 is 0 Å². The van der Waals surface area contributed by atoms with Crippen LogP contribution in [0.25, 0.3) is 0 Å². The summed E-state index contributed by atoms with van der Waals surface area (Å²) in [7, 11) is 0. The Hall–Kier alpha value is -0.980. The molecule has 3 N–H and O–H groups in total. The molecular weight excluding hydrogens is 337 g/mol. The molecule has 2 rings (SSSR count). The number of hydrazine groups is 1. The minimum atomic E-state index is 0.0949. The van der Waals surface area contributed by atoms with E-state index in [2.05, 4.69) is 63.3 Å². The molecule has 0 amide bonds. The Kier molecular flexibility index (Phi) is 4.68. The Bertz CT molecular complexity index is 511. The van der Waals surface area contributed by atoms with E-state index in [0.29, 0.717) is 0 Å². The molecule has 0 aliphatic heterocycles. The molecule has 0 saturated heterocycles. The highest BCUT2D eigenvalue weighted by molar-refractivity contribution is 14.1. The number of benzene rings is 1. The normalized spacial score (nSPS) is 12.4. The molecule has 1 unspecified atom stereocenters. The van der Waals surface area contributed by atoms with Gasteiger partial charge in [0, 0.05) is 16.0 Å². The van der Waals surface area contributed by atoms with Gasteiger partial charge in [-0.2, -0.15) is 0 Å². The van der Waals surface area contributed by atoms with Crippen LogP contribution in [0.5, 0.6) is 0 Å². The fraction of sp³-hybridized carbons (Fsp3) is 0.214. The maximum Gasteiger partial charge on any atom is 0.0515 e. The average Bonchev–Trinajstić information content (AvgIpc) is 2.38. The number of halogens is 1. The Morgan fingerprint density at radius 1 is 1.28 bits per heavy atom. The Labute approximate surface area is 121 Å². The van der Waals surface area contributed by atoms with Crippen molar-refractivity contribution >= 4 is 22.6 Å². The third-order valence-corrected chi connectivity index (χ3v) is 3.57. The molecule has 0 spiro atoms. The lowest BCUT2D eigenvalue weighted by atomic mass is 10.00. The molecule has 0 saturated carbocycles. The minimum Gasteiger partial charge on any atom is -0.271 e. The van der Waals surface area contributed by atoms with Crippen molar-refractivity contribution in [2.45, 2.75) is 19.4 Å². The van der Waals surface area contributed by atoms with E-state index in [9.17, 15) is 0 Å². The van der Waals surface area contributed by atoms with Crippen molar-refractivity contribution in [2.24, 2.45) is 5.84 Å². The minimum absolute atomic E-state index is 0.0949. The molecule has 0 radical (unpaired) electrons. The van der Waals surface area contributed by atoms with Gasteiger partial charge in [0.2, 0.25) is 0 Å². The second kappa shape index (κ2) is 6.26. The van der Waals surface area contributed by atoms with E-state index in [1.807, 2.05) is 19.3 Å². The number of hydrogen-bond acceptors (Lipinski definition) is 3. The van der Waals surface area contributed by atoms with Gasteiger partial charge < -0.3 is 0 Å². The van der Waals surface area contributed by atoms with Crippen LogP contribution in [-0.2, 0) is 6.42 Å². The smallest absolute Gasteiger partial charge is 0.0515 e. The van der Waals surface area contributed by atoms with Crippen LogP contribution >= 0.6 is 22.6 Å². The number of rotatable bonds is 4. The van der Waals surface area contributed by atoms with Crippen LogP contribution in [0, 0.1) is 10.5 Å². The Morgan fingerprint density at radius 2 is 2.00 bits per heavy atom. The fourth-order valence-corrected chi connectivity index (χ4v) is 2.26. The first kappa shape index (κ1) is 13.5. The van der Waals surface area contributed by atoms with Crippen molar-refractivity contribution in [3.63, 3.8) is 0 Å². The van der Waals surface area contributed by atoms with Crippen LogP contribution in [0.1, 0.15) is 22.7 Å². The fourth-order valence-electron chi connectivity index (χ4n) is 1.90. The highest BCUT2D eigenvalue weighted by atomic mass is 127. The van der Waals surface area contributed by atoms with Crippen LogP contribution in [0.2, 0.25) is 0 Å². The zero-order valence-corrected chi connectivity index (χ0v) is 12.4. The topological polar surface area (TPSA) is 50.9 Å². The van der Waals surface area contributed by atoms with Gasteiger partial charge in [0.25, 0.3) is 0 Å². The molecule has 0 aliphatic carbocycles. The van der Waals surface area contributed by atoms with Crippen LogP contribution in [0.15, 0.2) is 42.7 Å². The number of pyridine rings is 1. The largest absolute Gasteiger partial charge is 0.271 e. The number of hydrogen-bond donors (Lipinski definition) is 2. The molecule has 1 atom stereocenters. The molecule has 18 heavy (non-hydrogen) atoms. The SMILES string of the molecule is Cc1cncc(C(Cc2ccc(I)cc2)NN)c1. The van der Waals surface area contributed by atoms with E-state index in [0.717, 1.165) is 17.5 Å². The van der Waals surface area contributed by atoms with Gasteiger partial charge in [0.1, 0.15) is 0 Å². The quantitative estimate of drug-likeness (QED) is 0.505. The summed E-state index contributed by atoms with van der Waals surface area (Å²) in [6.07, 6.45) is 4.57. The van der Waals surface area contributed by atoms with Crippen molar-refractivity contribution in [3.8, 4) is 0 Å². The van der Waals surface area contributed by atoms with Crippen LogP contribution in [0.4, 0.5) is 0 Å². The van der Waals surface area contributed by atoms with Gasteiger partial charge in [-0.05, 0) is 64.8 Å². The first-order valence-corrected chi connectivity index (χ1v) is 6.89. The maximum atomic E-state index is 5.65. The zero-order chi connectivity index (χ0) is 13.0. The predicted molar refractivity (Wildman–Crippen MR) is 81.9 cm³/mol. The maximum absolute atomic E-state index is 5.65. The molecular formula is C14H16IN3. The van der Waals surface area contributed by atoms with Gasteiger partial charge in [-0.3, -0.25) is 16.3 Å². The van der Waals surface area contributed by atoms with E-state index < -0.39 is 0 Å². The van der Waals surface area contributed by atoms with E-state index in [1.54, 1.807) is 0 Å². The van der Waals surface area contributed by atoms with Crippen LogP contribution < -0.4 is 11.3 Å². The second-order valence-electron chi connectivity index (χ2n) is 4.35. The lowest BCUT2D eigenvalue weighted by molar-refractivity contribution is 0.550. The summed E-state index contributed by atoms with van der Waals surface area (Å²) in [5, 5.41) is 0. The third kappa shape index (κ3) is 3.51. The average molecular weight is 353 g/mol. The molecule has 0 bridgehead atoms. The zero-order valence-electron chi connectivity index (χ0n) is 10.2. The van der Waals surface area contributed by atoms with Crippen molar-refractivity contribution in [1.29, 1.82) is 0 Å². The first-order valence-electron chi connectivity index (χ1n) is 5.81. The number of nitrogens with one attached hydrogen (secondary N) is 1. The van der Waals surface area contributed by atoms with E-state index in [1.165, 1.54) is 9.13 Å². The molecule has 0 aliphatic rings. The lowest BCUT2D eigenvalue weighted by Crippen LogP contribution is -2.29. The lowest BCUT2D eigenvalue weighted by Gasteiger charge is -2.16. The van der Waals surface area contributed by atoms with Gasteiger partial charge in [-0.1, -0.05) is 18.2 Å². The molecule has 1 aromatic heterocycles. The van der Waals surface area contributed by atoms with Gasteiger partial charge in [-0.15, -0.1) is 0 Å². The first-order chi connectivity index (χ1) is 8.69. The van der Waals surface area contributed by atoms with E-state index in [4.69, 9.17) is 5.84 Å². The molecule has 4 heteroatoms. The van der Waals surface area contributed by atoms with Gasteiger partial charge >= 0.3 is 0 Å². The Balaban J connectivity index is 2.17. The highest BCUT2D eigenvalue weighted by Gasteiger charge is 2.11. The standard InChI is InChI=1S/C14H16IN3/c1-10-6-12(9-17-8-10)14(18-16)7-11-2-4-13(15)5-3-11/h2-6,8-9,14,18H,7,16H2,1H3. The van der Waals surface area contributed by atoms with Crippen LogP contribution in [-0.4, -0.2) is 4.98 Å². The third-order valence-electron chi connectivity index (χ3n) is 2.85. The summed E-state index contributed by atoms with van der Waals surface area (Å²) in [5.74, 6) is 5.65. The molecule has 94 valence electrons. The summed E-state index contributed by atoms with van der Waals surface area (Å²) < 4.78 is 1.24. The van der Waals surface area contributed by atoms with Gasteiger partial charge in [-0.25, -0.2) is 0 Å². The molecule has 3 nitrogen and oxygen atoms in total. The summed E-state index contributed by atoms with van der Waals surface area (Å²) in [6.45, 7) is 2.04. The molecule has 0 fully saturated rings. The van der Waals surface area contributed by atoms with E-state index in [-0.39, 0.29) is 6.04 Å². The number of aromatic nitrogens is 1. The molecule has 2 aromatic rings. The van der Waals surface area contributed by atoms with Crippen molar-refractivity contribution in [3.05, 3.63) is 63.0 Å². The van der Waals surface area contributed by atoms with Crippen molar-refractivity contribution in [2.75, 3.05) is 0 Å². The Morgan fingerprint density at radius 3 is 2.61 bits per heavy atom. The van der Waals surface area contributed by atoms with Crippen molar-refractivity contribution < 1.29 is 0 Å². The van der Waals surface area contributed by atoms with Crippen molar-refractivity contribution in [1.82, 2.24) is 10.4 Å². The highest BCUT2D eigenvalue weighted by Crippen LogP contribution is 2.18. The molecule has 1 aromatic carbocycles. The number of nitrogens with zero attached hydrogens (tertiary/aromatic N) is 1. The monoisotopic (exact) mass is 353 g/mol. The van der Waals surface area contributed by atoms with Gasteiger partial charge in [0.15, 0.2) is 0 Å². The number of nitrogens with two attached hydrogens (primary N) is 1. The van der Waals surface area contributed by atoms with Gasteiger partial charge in [0.05, 0.1) is 6.04 Å². The second-order valence-corrected chi connectivity index (χ2v) is 5.59. The van der Waals surface area contributed by atoms with Crippen LogP contribution in [0.3, 0.4) is 0 Å². The molecule has 1 heterocycles. The number of aryl methyl sites for hydroxylation is 1. The summed E-state index contributed by atoms with van der Waals surface area (Å²) in [4.78, 5) is 4.21. The summed E-state index contributed by atoms with van der Waals surface area (Å²) in [5.41, 5.74) is 6.40.